The van der Waals surface area contributed by atoms with Gasteiger partial charge in [0.1, 0.15) is 0 Å². The minimum atomic E-state index is 0.193. The predicted octanol–water partition coefficient (Wildman–Crippen LogP) is 1.20. The van der Waals surface area contributed by atoms with Crippen molar-refractivity contribution in [2.75, 3.05) is 0 Å². The average Bonchev–Trinajstić information content (AvgIpc) is 2.83. The van der Waals surface area contributed by atoms with E-state index in [1.54, 1.807) is 6.33 Å². The molecule has 2 rings (SSSR count). The molecule has 0 saturated heterocycles. The molecule has 1 N–H and O–H groups in total. The summed E-state index contributed by atoms with van der Waals surface area (Å²) < 4.78 is 2.00. The Labute approximate surface area is 89.9 Å². The number of hydrogen-bond acceptors (Lipinski definition) is 3. The van der Waals surface area contributed by atoms with Gasteiger partial charge in [0.05, 0.1) is 24.0 Å². The number of nitrogens with one attached hydrogen (secondary N) is 1. The molecule has 4 nitrogen and oxygen atoms in total. The second kappa shape index (κ2) is 4.45. The average molecular weight is 204 g/mol. The molecule has 1 fully saturated rings. The van der Waals surface area contributed by atoms with Gasteiger partial charge < -0.3 is 9.88 Å². The molecule has 0 spiro atoms. The molecular weight excluding hydrogens is 188 g/mol. The maximum absolute atomic E-state index is 8.94. The summed E-state index contributed by atoms with van der Waals surface area (Å²) in [5.74, 6) is 0.193. The minimum Gasteiger partial charge on any atom is -0.337 e. The van der Waals surface area contributed by atoms with Crippen LogP contribution < -0.4 is 5.32 Å². The standard InChI is InChI=1S/C11H16N4/c1-15-8-13-6-10(15)7-14-11-4-2-3-9(11)5-12/h6,8-9,11,14H,2-4,7H2,1H3. The molecule has 0 aromatic carbocycles. The van der Waals surface area contributed by atoms with Gasteiger partial charge in [-0.25, -0.2) is 4.98 Å². The summed E-state index contributed by atoms with van der Waals surface area (Å²) in [6.45, 7) is 0.805. The monoisotopic (exact) mass is 204 g/mol. The fraction of sp³-hybridized carbons (Fsp3) is 0.636. The number of nitriles is 1. The zero-order valence-electron chi connectivity index (χ0n) is 8.98. The molecule has 0 amide bonds. The van der Waals surface area contributed by atoms with Crippen LogP contribution in [0.2, 0.25) is 0 Å². The first kappa shape index (κ1) is 10.2. The van der Waals surface area contributed by atoms with Crippen molar-refractivity contribution >= 4 is 0 Å². The Hall–Kier alpha value is -1.34. The Morgan fingerprint density at radius 3 is 3.20 bits per heavy atom. The first-order valence-electron chi connectivity index (χ1n) is 5.39. The van der Waals surface area contributed by atoms with Crippen LogP contribution in [0.5, 0.6) is 0 Å². The number of rotatable bonds is 3. The van der Waals surface area contributed by atoms with E-state index < -0.39 is 0 Å². The molecular formula is C11H16N4. The van der Waals surface area contributed by atoms with Gasteiger partial charge >= 0.3 is 0 Å². The highest BCUT2D eigenvalue weighted by atomic mass is 15.1. The van der Waals surface area contributed by atoms with Gasteiger partial charge in [-0.2, -0.15) is 5.26 Å². The van der Waals surface area contributed by atoms with E-state index >= 15 is 0 Å². The molecule has 1 saturated carbocycles. The Balaban J connectivity index is 1.89. The quantitative estimate of drug-likeness (QED) is 0.805. The fourth-order valence-corrected chi connectivity index (χ4v) is 2.15. The van der Waals surface area contributed by atoms with Crippen molar-refractivity contribution < 1.29 is 0 Å². The molecule has 0 bridgehead atoms. The van der Waals surface area contributed by atoms with E-state index in [0.717, 1.165) is 19.4 Å². The molecule has 1 aliphatic rings. The highest BCUT2D eigenvalue weighted by Crippen LogP contribution is 2.24. The van der Waals surface area contributed by atoms with E-state index in [-0.39, 0.29) is 5.92 Å². The summed E-state index contributed by atoms with van der Waals surface area (Å²) in [6, 6.07) is 2.74. The number of nitrogens with zero attached hydrogens (tertiary/aromatic N) is 3. The third kappa shape index (κ3) is 2.18. The van der Waals surface area contributed by atoms with Gasteiger partial charge in [-0.1, -0.05) is 6.42 Å². The van der Waals surface area contributed by atoms with Crippen LogP contribution in [0, 0.1) is 17.2 Å². The van der Waals surface area contributed by atoms with Gasteiger partial charge in [-0.15, -0.1) is 0 Å². The smallest absolute Gasteiger partial charge is 0.0945 e. The van der Waals surface area contributed by atoms with E-state index in [1.165, 1.54) is 12.1 Å². The van der Waals surface area contributed by atoms with E-state index in [4.69, 9.17) is 5.26 Å². The molecule has 4 heteroatoms. The van der Waals surface area contributed by atoms with Crippen molar-refractivity contribution in [3.05, 3.63) is 18.2 Å². The lowest BCUT2D eigenvalue weighted by Gasteiger charge is -2.15. The highest BCUT2D eigenvalue weighted by molar-refractivity contribution is 5.01. The third-order valence-corrected chi connectivity index (χ3v) is 3.14. The van der Waals surface area contributed by atoms with Crippen LogP contribution in [-0.4, -0.2) is 15.6 Å². The molecule has 1 aliphatic carbocycles. The summed E-state index contributed by atoms with van der Waals surface area (Å²) in [6.07, 6.45) is 6.99. The second-order valence-corrected chi connectivity index (χ2v) is 4.15. The number of imidazole rings is 1. The van der Waals surface area contributed by atoms with Gasteiger partial charge in [0.15, 0.2) is 0 Å². The first-order valence-corrected chi connectivity index (χ1v) is 5.39. The molecule has 1 aromatic heterocycles. The maximum Gasteiger partial charge on any atom is 0.0945 e. The van der Waals surface area contributed by atoms with E-state index in [2.05, 4.69) is 16.4 Å². The SMILES string of the molecule is Cn1cncc1CNC1CCCC1C#N. The molecule has 15 heavy (non-hydrogen) atoms. The zero-order valence-corrected chi connectivity index (χ0v) is 8.98. The molecule has 1 aromatic rings. The fourth-order valence-electron chi connectivity index (χ4n) is 2.15. The molecule has 2 unspecified atom stereocenters. The minimum absolute atomic E-state index is 0.193. The largest absolute Gasteiger partial charge is 0.337 e. The summed E-state index contributed by atoms with van der Waals surface area (Å²) in [5, 5.41) is 12.4. The lowest BCUT2D eigenvalue weighted by molar-refractivity contribution is 0.458. The van der Waals surface area contributed by atoms with Crippen LogP contribution in [0.4, 0.5) is 0 Å². The van der Waals surface area contributed by atoms with Gasteiger partial charge in [0.25, 0.3) is 0 Å². The van der Waals surface area contributed by atoms with Crippen molar-refractivity contribution in [1.29, 1.82) is 5.26 Å². The predicted molar refractivity (Wildman–Crippen MR) is 56.8 cm³/mol. The third-order valence-electron chi connectivity index (χ3n) is 3.14. The Morgan fingerprint density at radius 2 is 2.53 bits per heavy atom. The van der Waals surface area contributed by atoms with Crippen molar-refractivity contribution in [2.45, 2.75) is 31.8 Å². The normalized spacial score (nSPS) is 25.3. The van der Waals surface area contributed by atoms with Crippen LogP contribution in [0.15, 0.2) is 12.5 Å². The molecule has 2 atom stereocenters. The van der Waals surface area contributed by atoms with Gasteiger partial charge in [0, 0.05) is 25.8 Å². The van der Waals surface area contributed by atoms with Gasteiger partial charge in [-0.05, 0) is 12.8 Å². The van der Waals surface area contributed by atoms with Crippen molar-refractivity contribution in [3.63, 3.8) is 0 Å². The maximum atomic E-state index is 8.94. The van der Waals surface area contributed by atoms with Gasteiger partial charge in [0.2, 0.25) is 0 Å². The molecule has 0 radical (unpaired) electrons. The van der Waals surface area contributed by atoms with E-state index in [9.17, 15) is 0 Å². The topological polar surface area (TPSA) is 53.6 Å². The van der Waals surface area contributed by atoms with Crippen LogP contribution in [-0.2, 0) is 13.6 Å². The molecule has 80 valence electrons. The summed E-state index contributed by atoms with van der Waals surface area (Å²) in [4.78, 5) is 4.06. The summed E-state index contributed by atoms with van der Waals surface area (Å²) in [5.41, 5.74) is 1.17. The Bertz CT molecular complexity index is 363. The lowest BCUT2D eigenvalue weighted by Crippen LogP contribution is -2.31. The molecule has 0 aliphatic heterocycles. The van der Waals surface area contributed by atoms with Crippen LogP contribution in [0.1, 0.15) is 25.0 Å². The second-order valence-electron chi connectivity index (χ2n) is 4.15. The van der Waals surface area contributed by atoms with E-state index in [1.807, 2.05) is 17.8 Å². The number of aromatic nitrogens is 2. The zero-order chi connectivity index (χ0) is 10.7. The van der Waals surface area contributed by atoms with Crippen molar-refractivity contribution in [3.8, 4) is 6.07 Å². The highest BCUT2D eigenvalue weighted by Gasteiger charge is 2.26. The Morgan fingerprint density at radius 1 is 1.67 bits per heavy atom. The summed E-state index contributed by atoms with van der Waals surface area (Å²) in [7, 11) is 1.99. The number of aryl methyl sites for hydroxylation is 1. The van der Waals surface area contributed by atoms with Crippen LogP contribution in [0.25, 0.3) is 0 Å². The van der Waals surface area contributed by atoms with E-state index in [0.29, 0.717) is 6.04 Å². The molecule has 1 heterocycles. The summed E-state index contributed by atoms with van der Waals surface area (Å²) >= 11 is 0. The van der Waals surface area contributed by atoms with Crippen molar-refractivity contribution in [1.82, 2.24) is 14.9 Å². The van der Waals surface area contributed by atoms with Gasteiger partial charge in [-0.3, -0.25) is 0 Å². The first-order chi connectivity index (χ1) is 7.31. The Kier molecular flexibility index (Phi) is 3.02. The number of hydrogen-bond donors (Lipinski definition) is 1. The van der Waals surface area contributed by atoms with Crippen molar-refractivity contribution in [2.24, 2.45) is 13.0 Å². The lowest BCUT2D eigenvalue weighted by atomic mass is 10.1. The van der Waals surface area contributed by atoms with Crippen LogP contribution in [0.3, 0.4) is 0 Å². The van der Waals surface area contributed by atoms with Crippen LogP contribution >= 0.6 is 0 Å².